The molecule has 9 heteroatoms. The summed E-state index contributed by atoms with van der Waals surface area (Å²) >= 11 is 0. The summed E-state index contributed by atoms with van der Waals surface area (Å²) < 4.78 is 11.3. The third-order valence-corrected chi connectivity index (χ3v) is 6.67. The molecule has 4 rings (SSSR count). The standard InChI is InChI=1S/C29H30N2O7/c1-16-15-37-26-18(3)27-21(13-20(16)26)17(2)22(29(36)38-27)14-24(32)31-23(12-19-8-5-4-6-9-19)28(35)30-11-7-10-25(33)34/h4-6,8-9,13,15,23H,7,10-12,14H2,1-3H3,(H,30,35)(H,31,32)(H,33,34). The average Bonchev–Trinajstić information content (AvgIpc) is 3.26. The van der Waals surface area contributed by atoms with E-state index in [-0.39, 0.29) is 37.8 Å². The largest absolute Gasteiger partial charge is 0.481 e. The molecule has 2 aromatic carbocycles. The molecule has 3 N–H and O–H groups in total. The number of furan rings is 1. The van der Waals surface area contributed by atoms with Crippen molar-refractivity contribution in [1.29, 1.82) is 0 Å². The van der Waals surface area contributed by atoms with Crippen molar-refractivity contribution in [3.8, 4) is 0 Å². The summed E-state index contributed by atoms with van der Waals surface area (Å²) in [7, 11) is 0. The summed E-state index contributed by atoms with van der Waals surface area (Å²) in [5, 5.41) is 15.9. The zero-order valence-electron chi connectivity index (χ0n) is 21.6. The number of carbonyl (C=O) groups is 3. The van der Waals surface area contributed by atoms with Crippen LogP contribution >= 0.6 is 0 Å². The van der Waals surface area contributed by atoms with Crippen LogP contribution in [-0.4, -0.2) is 35.5 Å². The first kappa shape index (κ1) is 26.7. The number of aryl methyl sites for hydroxylation is 3. The van der Waals surface area contributed by atoms with Crippen LogP contribution in [0.3, 0.4) is 0 Å². The third-order valence-electron chi connectivity index (χ3n) is 6.67. The minimum atomic E-state index is -0.947. The molecule has 1 atom stereocenters. The lowest BCUT2D eigenvalue weighted by molar-refractivity contribution is -0.137. The first-order valence-electron chi connectivity index (χ1n) is 12.4. The van der Waals surface area contributed by atoms with Gasteiger partial charge in [-0.2, -0.15) is 0 Å². The fourth-order valence-corrected chi connectivity index (χ4v) is 4.56. The van der Waals surface area contributed by atoms with Gasteiger partial charge in [-0.1, -0.05) is 30.3 Å². The molecule has 2 heterocycles. The van der Waals surface area contributed by atoms with Crippen LogP contribution < -0.4 is 16.3 Å². The topological polar surface area (TPSA) is 139 Å². The minimum Gasteiger partial charge on any atom is -0.481 e. The van der Waals surface area contributed by atoms with Crippen molar-refractivity contribution in [2.24, 2.45) is 0 Å². The summed E-state index contributed by atoms with van der Waals surface area (Å²) in [6.07, 6.45) is 1.82. The normalized spacial score (nSPS) is 12.0. The number of fused-ring (bicyclic) bond motifs is 2. The van der Waals surface area contributed by atoms with Gasteiger partial charge >= 0.3 is 11.6 Å². The fraction of sp³-hybridized carbons (Fsp3) is 0.310. The SMILES string of the molecule is Cc1coc2c(C)c3oc(=O)c(CC(=O)NC(Cc4ccccc4)C(=O)NCCCC(=O)O)c(C)c3cc12. The quantitative estimate of drug-likeness (QED) is 0.215. The highest BCUT2D eigenvalue weighted by Crippen LogP contribution is 2.32. The van der Waals surface area contributed by atoms with Gasteiger partial charge in [0.1, 0.15) is 17.2 Å². The zero-order valence-corrected chi connectivity index (χ0v) is 21.6. The van der Waals surface area contributed by atoms with Gasteiger partial charge in [0.2, 0.25) is 11.8 Å². The molecule has 0 saturated carbocycles. The first-order valence-corrected chi connectivity index (χ1v) is 12.4. The summed E-state index contributed by atoms with van der Waals surface area (Å²) in [6.45, 7) is 5.70. The van der Waals surface area contributed by atoms with E-state index in [9.17, 15) is 19.2 Å². The molecule has 0 radical (unpaired) electrons. The van der Waals surface area contributed by atoms with Gasteiger partial charge in [0, 0.05) is 35.7 Å². The number of rotatable bonds is 10. The van der Waals surface area contributed by atoms with Crippen LogP contribution in [0.5, 0.6) is 0 Å². The monoisotopic (exact) mass is 518 g/mol. The fourth-order valence-electron chi connectivity index (χ4n) is 4.56. The van der Waals surface area contributed by atoms with Crippen molar-refractivity contribution in [3.05, 3.63) is 80.9 Å². The summed E-state index contributed by atoms with van der Waals surface area (Å²) in [5.74, 6) is -1.88. The number of amides is 2. The number of nitrogens with one attached hydrogen (secondary N) is 2. The molecule has 0 saturated heterocycles. The van der Waals surface area contributed by atoms with Gasteiger partial charge in [0.15, 0.2) is 0 Å². The van der Waals surface area contributed by atoms with Crippen LogP contribution in [0.25, 0.3) is 21.9 Å². The average molecular weight is 519 g/mol. The molecule has 0 aliphatic carbocycles. The van der Waals surface area contributed by atoms with E-state index in [1.807, 2.05) is 50.2 Å². The summed E-state index contributed by atoms with van der Waals surface area (Å²) in [6, 6.07) is 10.2. The van der Waals surface area contributed by atoms with Crippen LogP contribution in [0.2, 0.25) is 0 Å². The molecule has 0 bridgehead atoms. The van der Waals surface area contributed by atoms with Crippen LogP contribution in [0.1, 0.15) is 40.7 Å². The number of benzene rings is 2. The van der Waals surface area contributed by atoms with Gasteiger partial charge in [-0.25, -0.2) is 4.79 Å². The molecule has 9 nitrogen and oxygen atoms in total. The van der Waals surface area contributed by atoms with E-state index >= 15 is 0 Å². The molecule has 0 spiro atoms. The van der Waals surface area contributed by atoms with Crippen LogP contribution in [0.15, 0.2) is 56.3 Å². The van der Waals surface area contributed by atoms with Crippen molar-refractivity contribution in [3.63, 3.8) is 0 Å². The van der Waals surface area contributed by atoms with Gasteiger partial charge in [-0.05, 0) is 49.9 Å². The van der Waals surface area contributed by atoms with Crippen molar-refractivity contribution in [1.82, 2.24) is 10.6 Å². The second kappa shape index (κ2) is 11.3. The van der Waals surface area contributed by atoms with E-state index in [4.69, 9.17) is 13.9 Å². The Morgan fingerprint density at radius 2 is 1.74 bits per heavy atom. The molecular formula is C29H30N2O7. The maximum atomic E-state index is 13.1. The second-order valence-electron chi connectivity index (χ2n) is 9.44. The maximum Gasteiger partial charge on any atom is 0.340 e. The van der Waals surface area contributed by atoms with Gasteiger partial charge in [-0.3, -0.25) is 14.4 Å². The molecule has 2 amide bonds. The Morgan fingerprint density at radius 3 is 2.45 bits per heavy atom. The van der Waals surface area contributed by atoms with Gasteiger partial charge in [0.25, 0.3) is 0 Å². The van der Waals surface area contributed by atoms with Gasteiger partial charge < -0.3 is 24.6 Å². The molecule has 0 aliphatic heterocycles. The Bertz CT molecular complexity index is 1570. The lowest BCUT2D eigenvalue weighted by Crippen LogP contribution is -2.49. The number of carboxylic acids is 1. The van der Waals surface area contributed by atoms with Crippen molar-refractivity contribution in [2.75, 3.05) is 6.54 Å². The highest BCUT2D eigenvalue weighted by molar-refractivity contribution is 6.00. The number of carbonyl (C=O) groups excluding carboxylic acids is 2. The predicted octanol–water partition coefficient (Wildman–Crippen LogP) is 3.72. The van der Waals surface area contributed by atoms with E-state index in [0.717, 1.165) is 21.9 Å². The summed E-state index contributed by atoms with van der Waals surface area (Å²) in [4.78, 5) is 49.7. The molecule has 2 aromatic heterocycles. The molecule has 0 fully saturated rings. The Morgan fingerprint density at radius 1 is 1.00 bits per heavy atom. The Kier molecular flexibility index (Phi) is 7.95. The lowest BCUT2D eigenvalue weighted by Gasteiger charge is -2.19. The van der Waals surface area contributed by atoms with E-state index < -0.39 is 29.5 Å². The number of hydrogen-bond donors (Lipinski definition) is 3. The van der Waals surface area contributed by atoms with E-state index in [1.54, 1.807) is 13.2 Å². The molecule has 38 heavy (non-hydrogen) atoms. The lowest BCUT2D eigenvalue weighted by atomic mass is 9.98. The molecular weight excluding hydrogens is 488 g/mol. The summed E-state index contributed by atoms with van der Waals surface area (Å²) in [5.41, 5.74) is 3.81. The van der Waals surface area contributed by atoms with Crippen LogP contribution in [0.4, 0.5) is 0 Å². The van der Waals surface area contributed by atoms with Crippen molar-refractivity contribution >= 4 is 39.7 Å². The number of aliphatic carboxylic acids is 1. The second-order valence-corrected chi connectivity index (χ2v) is 9.44. The van der Waals surface area contributed by atoms with Gasteiger partial charge in [-0.15, -0.1) is 0 Å². The van der Waals surface area contributed by atoms with Crippen molar-refractivity contribution < 1.29 is 28.3 Å². The Balaban J connectivity index is 1.57. The Hall–Kier alpha value is -4.40. The highest BCUT2D eigenvalue weighted by Gasteiger charge is 2.24. The van der Waals surface area contributed by atoms with E-state index in [0.29, 0.717) is 22.3 Å². The van der Waals surface area contributed by atoms with Crippen molar-refractivity contribution in [2.45, 2.75) is 52.5 Å². The van der Waals surface area contributed by atoms with Gasteiger partial charge in [0.05, 0.1) is 18.2 Å². The van der Waals surface area contributed by atoms with Crippen LogP contribution in [0, 0.1) is 20.8 Å². The highest BCUT2D eigenvalue weighted by atomic mass is 16.4. The predicted molar refractivity (Wildman–Crippen MR) is 142 cm³/mol. The van der Waals surface area contributed by atoms with E-state index in [1.165, 1.54) is 0 Å². The molecule has 198 valence electrons. The zero-order chi connectivity index (χ0) is 27.4. The number of hydrogen-bond acceptors (Lipinski definition) is 6. The van der Waals surface area contributed by atoms with Crippen LogP contribution in [-0.2, 0) is 27.2 Å². The molecule has 0 aliphatic rings. The third kappa shape index (κ3) is 5.77. The smallest absolute Gasteiger partial charge is 0.340 e. The Labute approximate surface area is 218 Å². The first-order chi connectivity index (χ1) is 18.2. The number of carboxylic acid groups (broad SMARTS) is 1. The minimum absolute atomic E-state index is 0.0723. The maximum absolute atomic E-state index is 13.1. The molecule has 1 unspecified atom stereocenters. The molecule has 4 aromatic rings. The van der Waals surface area contributed by atoms with E-state index in [2.05, 4.69) is 10.6 Å².